The highest BCUT2D eigenvalue weighted by Crippen LogP contribution is 2.14. The van der Waals surface area contributed by atoms with Crippen LogP contribution in [-0.2, 0) is 13.1 Å². The van der Waals surface area contributed by atoms with Crippen LogP contribution in [0.4, 0.5) is 4.39 Å². The molecule has 154 valence electrons. The van der Waals surface area contributed by atoms with E-state index >= 15 is 0 Å². The number of aliphatic imine (C=N–C) groups is 1. The van der Waals surface area contributed by atoms with Crippen LogP contribution in [0.5, 0.6) is 5.75 Å². The normalized spacial score (nSPS) is 11.0. The van der Waals surface area contributed by atoms with Crippen LogP contribution >= 0.6 is 24.0 Å². The summed E-state index contributed by atoms with van der Waals surface area (Å²) < 4.78 is 20.6. The zero-order valence-electron chi connectivity index (χ0n) is 16.6. The summed E-state index contributed by atoms with van der Waals surface area (Å²) in [5.74, 6) is 1.23. The Bertz CT molecular complexity index is 956. The molecule has 3 aromatic rings. The fourth-order valence-corrected chi connectivity index (χ4v) is 2.66. The molecule has 0 saturated carbocycles. The Morgan fingerprint density at radius 1 is 1.10 bits per heavy atom. The molecule has 0 aliphatic carbocycles. The summed E-state index contributed by atoms with van der Waals surface area (Å²) in [6, 6.07) is 14.8. The predicted octanol–water partition coefficient (Wildman–Crippen LogP) is 3.81. The van der Waals surface area contributed by atoms with Crippen molar-refractivity contribution in [2.45, 2.75) is 20.0 Å². The van der Waals surface area contributed by atoms with Gasteiger partial charge in [-0.25, -0.2) is 9.07 Å². The molecule has 29 heavy (non-hydrogen) atoms. The number of nitrogens with one attached hydrogen (secondary N) is 2. The number of hydrogen-bond donors (Lipinski definition) is 2. The van der Waals surface area contributed by atoms with E-state index in [4.69, 9.17) is 4.74 Å². The van der Waals surface area contributed by atoms with Crippen molar-refractivity contribution in [2.24, 2.45) is 4.99 Å². The molecule has 1 heterocycles. The molecule has 3 rings (SSSR count). The third kappa shape index (κ3) is 6.18. The predicted molar refractivity (Wildman–Crippen MR) is 124 cm³/mol. The molecule has 0 saturated heterocycles. The summed E-state index contributed by atoms with van der Waals surface area (Å²) >= 11 is 0. The van der Waals surface area contributed by atoms with Crippen molar-refractivity contribution < 1.29 is 9.13 Å². The van der Waals surface area contributed by atoms with Crippen LogP contribution in [-0.4, -0.2) is 29.9 Å². The Hall–Kier alpha value is -2.62. The summed E-state index contributed by atoms with van der Waals surface area (Å²) in [6.07, 6.45) is 1.91. The van der Waals surface area contributed by atoms with Gasteiger partial charge in [-0.2, -0.15) is 5.10 Å². The van der Waals surface area contributed by atoms with Gasteiger partial charge in [0.05, 0.1) is 25.0 Å². The number of aryl methyl sites for hydroxylation is 1. The third-order valence-electron chi connectivity index (χ3n) is 4.34. The molecule has 0 unspecified atom stereocenters. The van der Waals surface area contributed by atoms with Crippen molar-refractivity contribution in [1.82, 2.24) is 20.4 Å². The van der Waals surface area contributed by atoms with E-state index < -0.39 is 0 Å². The number of ether oxygens (including phenoxy) is 1. The molecular weight excluding hydrogens is 484 g/mol. The zero-order chi connectivity index (χ0) is 19.9. The van der Waals surface area contributed by atoms with Gasteiger partial charge in [0.15, 0.2) is 5.96 Å². The first-order valence-corrected chi connectivity index (χ1v) is 8.97. The number of benzene rings is 2. The van der Waals surface area contributed by atoms with Crippen molar-refractivity contribution >= 4 is 29.9 Å². The molecular formula is C21H25FIN5O. The minimum absolute atomic E-state index is 0. The maximum absolute atomic E-state index is 13.6. The van der Waals surface area contributed by atoms with Crippen LogP contribution in [0.3, 0.4) is 0 Å². The van der Waals surface area contributed by atoms with Gasteiger partial charge in [-0.3, -0.25) is 4.99 Å². The zero-order valence-corrected chi connectivity index (χ0v) is 19.0. The van der Waals surface area contributed by atoms with Gasteiger partial charge in [0.1, 0.15) is 11.6 Å². The number of aromatic nitrogens is 2. The van der Waals surface area contributed by atoms with Gasteiger partial charge in [0, 0.05) is 19.8 Å². The minimum Gasteiger partial charge on any atom is -0.497 e. The van der Waals surface area contributed by atoms with E-state index in [-0.39, 0.29) is 29.8 Å². The van der Waals surface area contributed by atoms with E-state index in [0.717, 1.165) is 22.7 Å². The quantitative estimate of drug-likeness (QED) is 0.302. The number of hydrogen-bond acceptors (Lipinski definition) is 3. The van der Waals surface area contributed by atoms with Crippen molar-refractivity contribution in [2.75, 3.05) is 14.2 Å². The van der Waals surface area contributed by atoms with Gasteiger partial charge in [-0.05, 0) is 54.4 Å². The van der Waals surface area contributed by atoms with E-state index in [9.17, 15) is 4.39 Å². The van der Waals surface area contributed by atoms with Crippen LogP contribution in [0.15, 0.2) is 59.7 Å². The number of halogens is 2. The first-order chi connectivity index (χ1) is 13.6. The number of methoxy groups -OCH3 is 1. The number of rotatable bonds is 6. The Balaban J connectivity index is 0.00000300. The molecule has 0 spiro atoms. The van der Waals surface area contributed by atoms with E-state index in [1.165, 1.54) is 6.07 Å². The molecule has 0 atom stereocenters. The average molecular weight is 509 g/mol. The summed E-state index contributed by atoms with van der Waals surface area (Å²) in [7, 11) is 3.34. The fraction of sp³-hybridized carbons (Fsp3) is 0.238. The molecule has 1 aromatic heterocycles. The first kappa shape index (κ1) is 22.7. The van der Waals surface area contributed by atoms with Gasteiger partial charge in [0.2, 0.25) is 0 Å². The monoisotopic (exact) mass is 509 g/mol. The van der Waals surface area contributed by atoms with Gasteiger partial charge < -0.3 is 15.4 Å². The Labute approximate surface area is 187 Å². The number of guanidine groups is 1. The standard InChI is InChI=1S/C21H24FN5O.HI/c1-15-4-5-16(12-20(15)22)13-24-21(23-2)25-14-17-10-11-27(26-17)18-6-8-19(28-3)9-7-18;/h4-12H,13-14H2,1-3H3,(H2,23,24,25);1H. The van der Waals surface area contributed by atoms with Crippen LogP contribution in [0.1, 0.15) is 16.8 Å². The maximum atomic E-state index is 13.6. The second-order valence-electron chi connectivity index (χ2n) is 6.31. The molecule has 0 bridgehead atoms. The molecule has 0 aliphatic heterocycles. The van der Waals surface area contributed by atoms with Gasteiger partial charge in [0.25, 0.3) is 0 Å². The Kier molecular flexibility index (Phi) is 8.44. The van der Waals surface area contributed by atoms with E-state index in [1.807, 2.05) is 47.3 Å². The lowest BCUT2D eigenvalue weighted by Gasteiger charge is -2.11. The summed E-state index contributed by atoms with van der Waals surface area (Å²) in [5, 5.41) is 11.0. The lowest BCUT2D eigenvalue weighted by molar-refractivity contribution is 0.414. The van der Waals surface area contributed by atoms with E-state index in [0.29, 0.717) is 24.6 Å². The highest BCUT2D eigenvalue weighted by atomic mass is 127. The van der Waals surface area contributed by atoms with Crippen LogP contribution in [0.25, 0.3) is 5.69 Å². The highest BCUT2D eigenvalue weighted by molar-refractivity contribution is 14.0. The molecule has 0 radical (unpaired) electrons. The molecule has 2 aromatic carbocycles. The maximum Gasteiger partial charge on any atom is 0.191 e. The largest absolute Gasteiger partial charge is 0.497 e. The number of nitrogens with zero attached hydrogens (tertiary/aromatic N) is 3. The molecule has 0 amide bonds. The molecule has 0 fully saturated rings. The lowest BCUT2D eigenvalue weighted by atomic mass is 10.1. The Morgan fingerprint density at radius 2 is 1.83 bits per heavy atom. The van der Waals surface area contributed by atoms with Crippen LogP contribution in [0.2, 0.25) is 0 Å². The van der Waals surface area contributed by atoms with Crippen LogP contribution in [0, 0.1) is 12.7 Å². The second-order valence-corrected chi connectivity index (χ2v) is 6.31. The summed E-state index contributed by atoms with van der Waals surface area (Å²) in [5.41, 5.74) is 3.32. The first-order valence-electron chi connectivity index (χ1n) is 8.97. The third-order valence-corrected chi connectivity index (χ3v) is 4.34. The summed E-state index contributed by atoms with van der Waals surface area (Å²) in [4.78, 5) is 4.19. The Morgan fingerprint density at radius 3 is 2.48 bits per heavy atom. The van der Waals surface area contributed by atoms with Crippen LogP contribution < -0.4 is 15.4 Å². The highest BCUT2D eigenvalue weighted by Gasteiger charge is 2.05. The van der Waals surface area contributed by atoms with Gasteiger partial charge in [-0.15, -0.1) is 24.0 Å². The molecule has 0 aliphatic rings. The molecule has 2 N–H and O–H groups in total. The fourth-order valence-electron chi connectivity index (χ4n) is 2.66. The average Bonchev–Trinajstić information content (AvgIpc) is 3.20. The minimum atomic E-state index is -0.202. The lowest BCUT2D eigenvalue weighted by Crippen LogP contribution is -2.36. The van der Waals surface area contributed by atoms with Crippen molar-refractivity contribution in [3.63, 3.8) is 0 Å². The smallest absolute Gasteiger partial charge is 0.191 e. The molecule has 8 heteroatoms. The van der Waals surface area contributed by atoms with Crippen molar-refractivity contribution in [1.29, 1.82) is 0 Å². The molecule has 6 nitrogen and oxygen atoms in total. The SMILES string of the molecule is CN=C(NCc1ccc(C)c(F)c1)NCc1ccn(-c2ccc(OC)cc2)n1.I. The summed E-state index contributed by atoms with van der Waals surface area (Å²) in [6.45, 7) is 2.75. The van der Waals surface area contributed by atoms with E-state index in [2.05, 4.69) is 20.7 Å². The topological polar surface area (TPSA) is 63.5 Å². The van der Waals surface area contributed by atoms with Crippen molar-refractivity contribution in [3.8, 4) is 11.4 Å². The van der Waals surface area contributed by atoms with Crippen molar-refractivity contribution in [3.05, 3.63) is 77.4 Å². The van der Waals surface area contributed by atoms with Gasteiger partial charge in [-0.1, -0.05) is 12.1 Å². The second kappa shape index (κ2) is 10.8. The van der Waals surface area contributed by atoms with Gasteiger partial charge >= 0.3 is 0 Å². The van der Waals surface area contributed by atoms with E-state index in [1.54, 1.807) is 27.1 Å².